The molecule has 3 aromatic rings. The molecule has 0 unspecified atom stereocenters. The van der Waals surface area contributed by atoms with E-state index < -0.39 is 0 Å². The Morgan fingerprint density at radius 2 is 2.10 bits per heavy atom. The van der Waals surface area contributed by atoms with Crippen LogP contribution in [0.3, 0.4) is 0 Å². The number of ketones is 1. The van der Waals surface area contributed by atoms with E-state index in [0.717, 1.165) is 22.5 Å². The summed E-state index contributed by atoms with van der Waals surface area (Å²) in [5.41, 5.74) is 3.93. The zero-order chi connectivity index (χ0) is 14.3. The maximum Gasteiger partial charge on any atom is 0.163 e. The predicted molar refractivity (Wildman–Crippen MR) is 78.2 cm³/mol. The van der Waals surface area contributed by atoms with Crippen LogP contribution >= 0.6 is 11.6 Å². The maximum atomic E-state index is 11.5. The summed E-state index contributed by atoms with van der Waals surface area (Å²) in [6, 6.07) is 7.54. The summed E-state index contributed by atoms with van der Waals surface area (Å²) in [5, 5.41) is 4.99. The molecular weight excluding hydrogens is 274 g/mol. The fourth-order valence-corrected chi connectivity index (χ4v) is 2.44. The minimum absolute atomic E-state index is 0.0169. The van der Waals surface area contributed by atoms with E-state index in [1.165, 1.54) is 6.92 Å². The number of carbonyl (C=O) groups is 1. The average molecular weight is 286 g/mol. The molecule has 5 heteroatoms. The number of benzene rings is 1. The molecule has 20 heavy (non-hydrogen) atoms. The molecule has 1 aromatic carbocycles. The largest absolute Gasteiger partial charge is 0.294 e. The van der Waals surface area contributed by atoms with Gasteiger partial charge in [0.15, 0.2) is 11.4 Å². The van der Waals surface area contributed by atoms with Crippen molar-refractivity contribution in [1.82, 2.24) is 14.6 Å². The Balaban J connectivity index is 2.25. The van der Waals surface area contributed by atoms with Crippen LogP contribution in [-0.2, 0) is 0 Å². The lowest BCUT2D eigenvalue weighted by Crippen LogP contribution is -2.05. The standard InChI is InChI=1S/C15H12ClN3O/c1-9-13(10(2)20)7-17-15-14(8-18-19(9)15)11-4-3-5-12(16)6-11/h3-8H,1-2H3. The molecule has 0 aliphatic heterocycles. The number of nitrogens with zero attached hydrogens (tertiary/aromatic N) is 3. The van der Waals surface area contributed by atoms with Crippen LogP contribution in [0, 0.1) is 6.92 Å². The third kappa shape index (κ3) is 1.98. The highest BCUT2D eigenvalue weighted by Gasteiger charge is 2.13. The van der Waals surface area contributed by atoms with E-state index in [1.807, 2.05) is 31.2 Å². The topological polar surface area (TPSA) is 47.3 Å². The summed E-state index contributed by atoms with van der Waals surface area (Å²) in [5.74, 6) is -0.0169. The summed E-state index contributed by atoms with van der Waals surface area (Å²) in [7, 11) is 0. The van der Waals surface area contributed by atoms with Crippen molar-refractivity contribution in [2.75, 3.05) is 0 Å². The van der Waals surface area contributed by atoms with Crippen LogP contribution in [0.4, 0.5) is 0 Å². The van der Waals surface area contributed by atoms with Gasteiger partial charge < -0.3 is 0 Å². The highest BCUT2D eigenvalue weighted by Crippen LogP contribution is 2.26. The molecule has 0 aliphatic carbocycles. The second-order valence-corrected chi connectivity index (χ2v) is 5.05. The summed E-state index contributed by atoms with van der Waals surface area (Å²) in [6.45, 7) is 3.39. The van der Waals surface area contributed by atoms with Crippen molar-refractivity contribution in [2.24, 2.45) is 0 Å². The van der Waals surface area contributed by atoms with Crippen molar-refractivity contribution < 1.29 is 4.79 Å². The SMILES string of the molecule is CC(=O)c1cnc2c(-c3cccc(Cl)c3)cnn2c1C. The zero-order valence-corrected chi connectivity index (χ0v) is 11.8. The van der Waals surface area contributed by atoms with Crippen LogP contribution in [0.25, 0.3) is 16.8 Å². The van der Waals surface area contributed by atoms with E-state index >= 15 is 0 Å². The second-order valence-electron chi connectivity index (χ2n) is 4.62. The lowest BCUT2D eigenvalue weighted by Gasteiger charge is -2.05. The van der Waals surface area contributed by atoms with Crippen molar-refractivity contribution in [1.29, 1.82) is 0 Å². The van der Waals surface area contributed by atoms with E-state index in [9.17, 15) is 4.79 Å². The van der Waals surface area contributed by atoms with Crippen LogP contribution in [0.1, 0.15) is 23.0 Å². The smallest absolute Gasteiger partial charge is 0.163 e. The Bertz CT molecular complexity index is 823. The molecule has 0 saturated heterocycles. The first-order valence-corrected chi connectivity index (χ1v) is 6.56. The Morgan fingerprint density at radius 3 is 2.80 bits per heavy atom. The Labute approximate surface area is 121 Å². The van der Waals surface area contributed by atoms with Gasteiger partial charge in [-0.3, -0.25) is 4.79 Å². The molecule has 4 nitrogen and oxygen atoms in total. The average Bonchev–Trinajstić information content (AvgIpc) is 2.83. The Morgan fingerprint density at radius 1 is 1.30 bits per heavy atom. The second kappa shape index (κ2) is 4.72. The van der Waals surface area contributed by atoms with Crippen molar-refractivity contribution in [2.45, 2.75) is 13.8 Å². The zero-order valence-electron chi connectivity index (χ0n) is 11.1. The number of carbonyl (C=O) groups excluding carboxylic acids is 1. The fourth-order valence-electron chi connectivity index (χ4n) is 2.25. The Hall–Kier alpha value is -2.20. The van der Waals surface area contributed by atoms with Crippen LogP contribution < -0.4 is 0 Å². The van der Waals surface area contributed by atoms with Gasteiger partial charge in [0.1, 0.15) is 0 Å². The molecule has 0 atom stereocenters. The highest BCUT2D eigenvalue weighted by atomic mass is 35.5. The number of hydrogen-bond donors (Lipinski definition) is 0. The monoisotopic (exact) mass is 285 g/mol. The summed E-state index contributed by atoms with van der Waals surface area (Å²) in [6.07, 6.45) is 3.34. The summed E-state index contributed by atoms with van der Waals surface area (Å²) >= 11 is 6.02. The van der Waals surface area contributed by atoms with E-state index in [-0.39, 0.29) is 5.78 Å². The highest BCUT2D eigenvalue weighted by molar-refractivity contribution is 6.30. The van der Waals surface area contributed by atoms with E-state index in [1.54, 1.807) is 16.9 Å². The van der Waals surface area contributed by atoms with Crippen molar-refractivity contribution in [3.05, 3.63) is 52.9 Å². The first-order chi connectivity index (χ1) is 9.58. The van der Waals surface area contributed by atoms with Gasteiger partial charge in [-0.05, 0) is 31.5 Å². The minimum atomic E-state index is -0.0169. The molecular formula is C15H12ClN3O. The predicted octanol–water partition coefficient (Wildman–Crippen LogP) is 3.56. The van der Waals surface area contributed by atoms with Crippen molar-refractivity contribution in [3.63, 3.8) is 0 Å². The van der Waals surface area contributed by atoms with Crippen LogP contribution in [-0.4, -0.2) is 20.4 Å². The third-order valence-electron chi connectivity index (χ3n) is 3.28. The number of rotatable bonds is 2. The van der Waals surface area contributed by atoms with Gasteiger partial charge in [0, 0.05) is 16.8 Å². The number of hydrogen-bond acceptors (Lipinski definition) is 3. The lowest BCUT2D eigenvalue weighted by molar-refractivity contribution is 0.101. The molecule has 0 saturated carbocycles. The molecule has 2 aromatic heterocycles. The van der Waals surface area contributed by atoms with Crippen molar-refractivity contribution in [3.8, 4) is 11.1 Å². The first kappa shape index (κ1) is 12.8. The van der Waals surface area contributed by atoms with E-state index in [2.05, 4.69) is 10.1 Å². The van der Waals surface area contributed by atoms with Gasteiger partial charge in [-0.2, -0.15) is 5.10 Å². The molecule has 0 spiro atoms. The van der Waals surface area contributed by atoms with E-state index in [4.69, 9.17) is 11.6 Å². The van der Waals surface area contributed by atoms with Crippen LogP contribution in [0.15, 0.2) is 36.7 Å². The molecule has 100 valence electrons. The van der Waals surface area contributed by atoms with E-state index in [0.29, 0.717) is 10.6 Å². The quantitative estimate of drug-likeness (QED) is 0.676. The lowest BCUT2D eigenvalue weighted by atomic mass is 10.1. The first-order valence-electron chi connectivity index (χ1n) is 6.18. The molecule has 0 fully saturated rings. The normalized spacial score (nSPS) is 10.9. The van der Waals surface area contributed by atoms with Gasteiger partial charge in [-0.1, -0.05) is 23.7 Å². The molecule has 0 radical (unpaired) electrons. The number of aryl methyl sites for hydroxylation is 1. The van der Waals surface area contributed by atoms with Gasteiger partial charge in [0.2, 0.25) is 0 Å². The van der Waals surface area contributed by atoms with Gasteiger partial charge in [-0.25, -0.2) is 9.50 Å². The summed E-state index contributed by atoms with van der Waals surface area (Å²) in [4.78, 5) is 15.9. The van der Waals surface area contributed by atoms with Crippen LogP contribution in [0.2, 0.25) is 5.02 Å². The number of aromatic nitrogens is 3. The van der Waals surface area contributed by atoms with Gasteiger partial charge in [0.05, 0.1) is 17.5 Å². The molecule has 0 bridgehead atoms. The molecule has 0 N–H and O–H groups in total. The maximum absolute atomic E-state index is 11.5. The van der Waals surface area contributed by atoms with Gasteiger partial charge >= 0.3 is 0 Å². The Kier molecular flexibility index (Phi) is 3.03. The summed E-state index contributed by atoms with van der Waals surface area (Å²) < 4.78 is 1.69. The van der Waals surface area contributed by atoms with Gasteiger partial charge in [-0.15, -0.1) is 0 Å². The number of Topliss-reactive ketones (excluding diaryl/α,β-unsaturated/α-hetero) is 1. The molecule has 0 aliphatic rings. The molecule has 3 rings (SSSR count). The number of halogens is 1. The number of fused-ring (bicyclic) bond motifs is 1. The van der Waals surface area contributed by atoms with Crippen molar-refractivity contribution >= 4 is 23.0 Å². The van der Waals surface area contributed by atoms with Crippen LogP contribution in [0.5, 0.6) is 0 Å². The molecule has 0 amide bonds. The molecule has 2 heterocycles. The third-order valence-corrected chi connectivity index (χ3v) is 3.52. The minimum Gasteiger partial charge on any atom is -0.294 e. The van der Waals surface area contributed by atoms with Gasteiger partial charge in [0.25, 0.3) is 0 Å². The fraction of sp³-hybridized carbons (Fsp3) is 0.133.